The summed E-state index contributed by atoms with van der Waals surface area (Å²) in [5.74, 6) is 0.829. The molecule has 1 aromatic heterocycles. The number of aromatic nitrogens is 1. The molecule has 0 unspecified atom stereocenters. The highest BCUT2D eigenvalue weighted by molar-refractivity contribution is 5.79. The van der Waals surface area contributed by atoms with Gasteiger partial charge >= 0.3 is 0 Å². The van der Waals surface area contributed by atoms with Crippen molar-refractivity contribution in [3.63, 3.8) is 0 Å². The summed E-state index contributed by atoms with van der Waals surface area (Å²) in [5, 5.41) is 10.6. The van der Waals surface area contributed by atoms with E-state index in [9.17, 15) is 0 Å². The van der Waals surface area contributed by atoms with Gasteiger partial charge in [-0.05, 0) is 46.7 Å². The van der Waals surface area contributed by atoms with Crippen molar-refractivity contribution < 1.29 is 4.52 Å². The molecule has 0 atom stereocenters. The molecule has 124 valence electrons. The minimum atomic E-state index is 0.129. The van der Waals surface area contributed by atoms with Crippen molar-refractivity contribution in [1.29, 1.82) is 0 Å². The zero-order chi connectivity index (χ0) is 15.8. The smallest absolute Gasteiger partial charge is 0.191 e. The number of likely N-dealkylation sites (tertiary alicyclic amines) is 1. The highest BCUT2D eigenvalue weighted by Gasteiger charge is 2.27. The normalized spacial score (nSPS) is 17.5. The lowest BCUT2D eigenvalue weighted by atomic mass is 9.98. The molecule has 1 aromatic rings. The van der Waals surface area contributed by atoms with Crippen LogP contribution in [-0.2, 0) is 6.54 Å². The van der Waals surface area contributed by atoms with Crippen LogP contribution in [0.25, 0.3) is 0 Å². The average Bonchev–Trinajstić information content (AvgIpc) is 3.04. The summed E-state index contributed by atoms with van der Waals surface area (Å²) < 4.78 is 4.83. The molecule has 2 rings (SSSR count). The fourth-order valence-corrected chi connectivity index (χ4v) is 2.73. The third-order valence-corrected chi connectivity index (χ3v) is 4.14. The van der Waals surface area contributed by atoms with Gasteiger partial charge in [0.05, 0.1) is 6.54 Å². The molecule has 6 nitrogen and oxygen atoms in total. The minimum absolute atomic E-state index is 0.129. The molecule has 0 spiro atoms. The zero-order valence-electron chi connectivity index (χ0n) is 14.1. The lowest BCUT2D eigenvalue weighted by Crippen LogP contribution is -2.54. The zero-order valence-corrected chi connectivity index (χ0v) is 14.1. The van der Waals surface area contributed by atoms with Gasteiger partial charge in [-0.3, -0.25) is 4.90 Å². The van der Waals surface area contributed by atoms with Gasteiger partial charge in [-0.2, -0.15) is 0 Å². The minimum Gasteiger partial charge on any atom is -0.364 e. The summed E-state index contributed by atoms with van der Waals surface area (Å²) in [4.78, 5) is 7.13. The first kappa shape index (κ1) is 16.8. The number of hydrogen-bond donors (Lipinski definition) is 2. The third-order valence-electron chi connectivity index (χ3n) is 4.14. The summed E-state index contributed by atoms with van der Waals surface area (Å²) in [5.41, 5.74) is 0.970. The van der Waals surface area contributed by atoms with Crippen molar-refractivity contribution in [2.24, 2.45) is 4.99 Å². The van der Waals surface area contributed by atoms with Crippen LogP contribution in [-0.4, -0.2) is 47.7 Å². The Morgan fingerprint density at radius 1 is 1.32 bits per heavy atom. The SMILES string of the molecule is CCNC(=NCc1ccon1)NCC(C)(C)N1CCCCC1. The Balaban J connectivity index is 1.88. The number of piperidine rings is 1. The molecule has 1 saturated heterocycles. The molecule has 1 aliphatic heterocycles. The Labute approximate surface area is 133 Å². The van der Waals surface area contributed by atoms with Crippen LogP contribution in [0.3, 0.4) is 0 Å². The standard InChI is InChI=1S/C16H29N5O/c1-4-17-15(18-12-14-8-11-22-20-14)19-13-16(2,3)21-9-6-5-7-10-21/h8,11H,4-7,9-10,12-13H2,1-3H3,(H2,17,18,19). The summed E-state index contributed by atoms with van der Waals surface area (Å²) in [7, 11) is 0. The van der Waals surface area contributed by atoms with Crippen molar-refractivity contribution in [3.8, 4) is 0 Å². The van der Waals surface area contributed by atoms with Gasteiger partial charge in [0.15, 0.2) is 5.96 Å². The Hall–Kier alpha value is -1.56. The highest BCUT2D eigenvalue weighted by atomic mass is 16.5. The van der Waals surface area contributed by atoms with E-state index in [4.69, 9.17) is 4.52 Å². The van der Waals surface area contributed by atoms with Crippen LogP contribution >= 0.6 is 0 Å². The molecule has 0 radical (unpaired) electrons. The highest BCUT2D eigenvalue weighted by Crippen LogP contribution is 2.19. The van der Waals surface area contributed by atoms with Crippen molar-refractivity contribution in [1.82, 2.24) is 20.7 Å². The first-order valence-electron chi connectivity index (χ1n) is 8.28. The molecule has 0 aromatic carbocycles. The van der Waals surface area contributed by atoms with Gasteiger partial charge in [0.1, 0.15) is 12.0 Å². The number of nitrogens with zero attached hydrogens (tertiary/aromatic N) is 3. The van der Waals surface area contributed by atoms with Gasteiger partial charge in [0.25, 0.3) is 0 Å². The van der Waals surface area contributed by atoms with E-state index in [1.807, 2.05) is 6.07 Å². The van der Waals surface area contributed by atoms with Crippen LogP contribution in [0, 0.1) is 0 Å². The Morgan fingerprint density at radius 3 is 2.73 bits per heavy atom. The van der Waals surface area contributed by atoms with E-state index in [-0.39, 0.29) is 5.54 Å². The van der Waals surface area contributed by atoms with E-state index in [0.29, 0.717) is 6.54 Å². The number of aliphatic imine (C=N–C) groups is 1. The van der Waals surface area contributed by atoms with Crippen LogP contribution in [0.2, 0.25) is 0 Å². The lowest BCUT2D eigenvalue weighted by Gasteiger charge is -2.41. The number of nitrogens with one attached hydrogen (secondary N) is 2. The summed E-state index contributed by atoms with van der Waals surface area (Å²) in [6.07, 6.45) is 5.56. The second-order valence-corrected chi connectivity index (χ2v) is 6.40. The molecular weight excluding hydrogens is 278 g/mol. The topological polar surface area (TPSA) is 65.7 Å². The largest absolute Gasteiger partial charge is 0.364 e. The van der Waals surface area contributed by atoms with E-state index in [1.54, 1.807) is 6.26 Å². The maximum Gasteiger partial charge on any atom is 0.191 e. The molecule has 1 fully saturated rings. The molecule has 6 heteroatoms. The molecule has 0 bridgehead atoms. The van der Waals surface area contributed by atoms with E-state index in [2.05, 4.69) is 46.5 Å². The molecule has 0 amide bonds. The van der Waals surface area contributed by atoms with E-state index < -0.39 is 0 Å². The van der Waals surface area contributed by atoms with Gasteiger partial charge in [-0.1, -0.05) is 11.6 Å². The van der Waals surface area contributed by atoms with Gasteiger partial charge in [-0.15, -0.1) is 0 Å². The maximum absolute atomic E-state index is 4.83. The number of hydrogen-bond acceptors (Lipinski definition) is 4. The van der Waals surface area contributed by atoms with Gasteiger partial charge in [0, 0.05) is 24.7 Å². The second kappa shape index (κ2) is 8.17. The quantitative estimate of drug-likeness (QED) is 0.621. The van der Waals surface area contributed by atoms with Crippen LogP contribution in [0.15, 0.2) is 21.8 Å². The predicted molar refractivity (Wildman–Crippen MR) is 88.8 cm³/mol. The summed E-state index contributed by atoms with van der Waals surface area (Å²) in [6, 6.07) is 1.84. The van der Waals surface area contributed by atoms with Gasteiger partial charge in [-0.25, -0.2) is 4.99 Å². The Morgan fingerprint density at radius 2 is 2.09 bits per heavy atom. The van der Waals surface area contributed by atoms with Crippen molar-refractivity contribution >= 4 is 5.96 Å². The number of rotatable bonds is 6. The van der Waals surface area contributed by atoms with E-state index >= 15 is 0 Å². The van der Waals surface area contributed by atoms with Crippen LogP contribution in [0.1, 0.15) is 45.7 Å². The van der Waals surface area contributed by atoms with Crippen LogP contribution < -0.4 is 10.6 Å². The van der Waals surface area contributed by atoms with E-state index in [0.717, 1.165) is 24.7 Å². The number of guanidine groups is 1. The van der Waals surface area contributed by atoms with Crippen molar-refractivity contribution in [3.05, 3.63) is 18.0 Å². The van der Waals surface area contributed by atoms with Crippen molar-refractivity contribution in [2.75, 3.05) is 26.2 Å². The van der Waals surface area contributed by atoms with Crippen LogP contribution in [0.4, 0.5) is 0 Å². The summed E-state index contributed by atoms with van der Waals surface area (Å²) >= 11 is 0. The average molecular weight is 307 g/mol. The molecule has 22 heavy (non-hydrogen) atoms. The fraction of sp³-hybridized carbons (Fsp3) is 0.750. The molecular formula is C16H29N5O. The fourth-order valence-electron chi connectivity index (χ4n) is 2.73. The first-order valence-corrected chi connectivity index (χ1v) is 8.28. The molecule has 1 aliphatic rings. The molecule has 0 aliphatic carbocycles. The monoisotopic (exact) mass is 307 g/mol. The van der Waals surface area contributed by atoms with Gasteiger partial charge < -0.3 is 15.2 Å². The lowest BCUT2D eigenvalue weighted by molar-refractivity contribution is 0.0982. The molecule has 0 saturated carbocycles. The Bertz CT molecular complexity index is 449. The van der Waals surface area contributed by atoms with Crippen LogP contribution in [0.5, 0.6) is 0 Å². The predicted octanol–water partition coefficient (Wildman–Crippen LogP) is 1.99. The molecule has 2 N–H and O–H groups in total. The van der Waals surface area contributed by atoms with Gasteiger partial charge in [0.2, 0.25) is 0 Å². The first-order chi connectivity index (χ1) is 10.6. The van der Waals surface area contributed by atoms with E-state index in [1.165, 1.54) is 32.4 Å². The van der Waals surface area contributed by atoms with Crippen molar-refractivity contribution in [2.45, 2.75) is 52.1 Å². The summed E-state index contributed by atoms with van der Waals surface area (Å²) in [6.45, 7) is 11.3. The third kappa shape index (κ3) is 5.02. The maximum atomic E-state index is 4.83. The Kier molecular flexibility index (Phi) is 6.24. The molecule has 2 heterocycles. The second-order valence-electron chi connectivity index (χ2n) is 6.40.